The van der Waals surface area contributed by atoms with Crippen molar-refractivity contribution in [2.24, 2.45) is 0 Å². The molecule has 1 N–H and O–H groups in total. The molecule has 0 spiro atoms. The quantitative estimate of drug-likeness (QED) is 0.759. The summed E-state index contributed by atoms with van der Waals surface area (Å²) in [5, 5.41) is 3.38. The van der Waals surface area contributed by atoms with E-state index < -0.39 is 0 Å². The second-order valence-electron chi connectivity index (χ2n) is 3.50. The molecule has 1 atom stereocenters. The molecule has 14 heavy (non-hydrogen) atoms. The Balaban J connectivity index is 2.30. The smallest absolute Gasteiger partial charge is 0.224 e. The third-order valence-electron chi connectivity index (χ3n) is 2.54. The Hall–Kier alpha value is -0.220. The normalized spacial score (nSPS) is 22.0. The summed E-state index contributed by atoms with van der Waals surface area (Å²) in [6.07, 6.45) is 0.661. The second kappa shape index (κ2) is 6.30. The summed E-state index contributed by atoms with van der Waals surface area (Å²) in [6, 6.07) is 0.391. The van der Waals surface area contributed by atoms with E-state index in [-0.39, 0.29) is 5.91 Å². The van der Waals surface area contributed by atoms with E-state index in [1.807, 2.05) is 30.5 Å². The second-order valence-corrected chi connectivity index (χ2v) is 4.65. The first kappa shape index (κ1) is 11.9. The number of hydrogen-bond donors (Lipinski definition) is 1. The minimum Gasteiger partial charge on any atom is -0.343 e. The number of carbonyl (C=O) groups excluding carboxylic acids is 1. The van der Waals surface area contributed by atoms with E-state index >= 15 is 0 Å². The first-order valence-corrected chi connectivity index (χ1v) is 6.52. The molecule has 1 aliphatic rings. The van der Waals surface area contributed by atoms with Gasteiger partial charge in [0.25, 0.3) is 0 Å². The molecule has 0 bridgehead atoms. The van der Waals surface area contributed by atoms with Gasteiger partial charge in [-0.05, 0) is 13.8 Å². The number of carbonyl (C=O) groups is 1. The lowest BCUT2D eigenvalue weighted by molar-refractivity contribution is -0.131. The highest BCUT2D eigenvalue weighted by Crippen LogP contribution is 2.11. The van der Waals surface area contributed by atoms with Crippen LogP contribution in [0.5, 0.6) is 0 Å². The topological polar surface area (TPSA) is 32.3 Å². The molecule has 1 fully saturated rings. The summed E-state index contributed by atoms with van der Waals surface area (Å²) >= 11 is 1.94. The van der Waals surface area contributed by atoms with Gasteiger partial charge in [0.1, 0.15) is 0 Å². The Morgan fingerprint density at radius 2 is 2.21 bits per heavy atom. The number of thioether (sulfide) groups is 1. The van der Waals surface area contributed by atoms with Crippen molar-refractivity contribution >= 4 is 17.7 Å². The lowest BCUT2D eigenvalue weighted by Gasteiger charge is -2.26. The summed E-state index contributed by atoms with van der Waals surface area (Å²) in [4.78, 5) is 13.7. The van der Waals surface area contributed by atoms with Crippen molar-refractivity contribution in [1.82, 2.24) is 10.2 Å². The SMILES string of the molecule is CCN(CC)C(=O)CC1CSCCN1. The van der Waals surface area contributed by atoms with Gasteiger partial charge in [0, 0.05) is 43.6 Å². The van der Waals surface area contributed by atoms with Crippen molar-refractivity contribution in [3.05, 3.63) is 0 Å². The molecular formula is C10H20N2OS. The van der Waals surface area contributed by atoms with Gasteiger partial charge in [0.2, 0.25) is 5.91 Å². The standard InChI is InChI=1S/C10H20N2OS/c1-3-12(4-2)10(13)7-9-8-14-6-5-11-9/h9,11H,3-8H2,1-2H3. The van der Waals surface area contributed by atoms with Crippen LogP contribution in [-0.2, 0) is 4.79 Å². The van der Waals surface area contributed by atoms with Crippen molar-refractivity contribution in [2.75, 3.05) is 31.1 Å². The average molecular weight is 216 g/mol. The molecule has 0 saturated carbocycles. The van der Waals surface area contributed by atoms with Gasteiger partial charge in [-0.15, -0.1) is 0 Å². The summed E-state index contributed by atoms with van der Waals surface area (Å²) in [5.74, 6) is 2.54. The number of rotatable bonds is 4. The maximum absolute atomic E-state index is 11.8. The Morgan fingerprint density at radius 1 is 1.50 bits per heavy atom. The van der Waals surface area contributed by atoms with Crippen LogP contribution < -0.4 is 5.32 Å². The molecule has 1 amide bonds. The van der Waals surface area contributed by atoms with Gasteiger partial charge in [-0.1, -0.05) is 0 Å². The lowest BCUT2D eigenvalue weighted by atomic mass is 10.2. The van der Waals surface area contributed by atoms with Gasteiger partial charge < -0.3 is 10.2 Å². The molecular weight excluding hydrogens is 196 g/mol. The molecule has 1 unspecified atom stereocenters. The number of amides is 1. The van der Waals surface area contributed by atoms with Crippen molar-refractivity contribution < 1.29 is 4.79 Å². The van der Waals surface area contributed by atoms with E-state index in [0.717, 1.165) is 25.4 Å². The summed E-state index contributed by atoms with van der Waals surface area (Å²) in [5.41, 5.74) is 0. The van der Waals surface area contributed by atoms with E-state index in [1.54, 1.807) is 0 Å². The first-order valence-electron chi connectivity index (χ1n) is 5.36. The fourth-order valence-electron chi connectivity index (χ4n) is 1.67. The van der Waals surface area contributed by atoms with Crippen LogP contribution in [0.1, 0.15) is 20.3 Å². The first-order chi connectivity index (χ1) is 6.77. The highest BCUT2D eigenvalue weighted by Gasteiger charge is 2.18. The number of nitrogens with zero attached hydrogens (tertiary/aromatic N) is 1. The number of nitrogens with one attached hydrogen (secondary N) is 1. The van der Waals surface area contributed by atoms with Crippen molar-refractivity contribution in [3.8, 4) is 0 Å². The third kappa shape index (κ3) is 3.50. The Bertz CT molecular complexity index is 177. The van der Waals surface area contributed by atoms with Crippen LogP contribution in [0.25, 0.3) is 0 Å². The summed E-state index contributed by atoms with van der Waals surface area (Å²) < 4.78 is 0. The minimum atomic E-state index is 0.287. The van der Waals surface area contributed by atoms with E-state index in [0.29, 0.717) is 12.5 Å². The number of hydrogen-bond acceptors (Lipinski definition) is 3. The Kier molecular flexibility index (Phi) is 5.33. The predicted molar refractivity (Wildman–Crippen MR) is 61.7 cm³/mol. The van der Waals surface area contributed by atoms with Crippen LogP contribution in [0.15, 0.2) is 0 Å². The maximum Gasteiger partial charge on any atom is 0.224 e. The molecule has 1 saturated heterocycles. The molecule has 82 valence electrons. The van der Waals surface area contributed by atoms with Gasteiger partial charge in [-0.25, -0.2) is 0 Å². The Labute approximate surface area is 90.6 Å². The van der Waals surface area contributed by atoms with Crippen LogP contribution in [-0.4, -0.2) is 48.0 Å². The predicted octanol–water partition coefficient (Wildman–Crippen LogP) is 0.950. The van der Waals surface area contributed by atoms with Crippen LogP contribution in [0, 0.1) is 0 Å². The van der Waals surface area contributed by atoms with Gasteiger partial charge in [0.15, 0.2) is 0 Å². The molecule has 1 aliphatic heterocycles. The Morgan fingerprint density at radius 3 is 2.71 bits per heavy atom. The zero-order valence-electron chi connectivity index (χ0n) is 9.08. The molecule has 1 heterocycles. The van der Waals surface area contributed by atoms with E-state index in [4.69, 9.17) is 0 Å². The minimum absolute atomic E-state index is 0.287. The molecule has 1 rings (SSSR count). The van der Waals surface area contributed by atoms with Crippen molar-refractivity contribution in [2.45, 2.75) is 26.3 Å². The highest BCUT2D eigenvalue weighted by molar-refractivity contribution is 7.99. The fourth-order valence-corrected chi connectivity index (χ4v) is 2.62. The van der Waals surface area contributed by atoms with Crippen molar-refractivity contribution in [3.63, 3.8) is 0 Å². The van der Waals surface area contributed by atoms with Crippen LogP contribution in [0.4, 0.5) is 0 Å². The van der Waals surface area contributed by atoms with E-state index in [9.17, 15) is 4.79 Å². The van der Waals surface area contributed by atoms with E-state index in [1.165, 1.54) is 5.75 Å². The van der Waals surface area contributed by atoms with Gasteiger partial charge >= 0.3 is 0 Å². The highest BCUT2D eigenvalue weighted by atomic mass is 32.2. The lowest BCUT2D eigenvalue weighted by Crippen LogP contribution is -2.42. The molecule has 0 aromatic heterocycles. The zero-order chi connectivity index (χ0) is 10.4. The molecule has 0 aliphatic carbocycles. The summed E-state index contributed by atoms with van der Waals surface area (Å²) in [6.45, 7) is 6.76. The molecule has 3 nitrogen and oxygen atoms in total. The largest absolute Gasteiger partial charge is 0.343 e. The van der Waals surface area contributed by atoms with Gasteiger partial charge in [-0.3, -0.25) is 4.79 Å². The average Bonchev–Trinajstić information content (AvgIpc) is 2.21. The zero-order valence-corrected chi connectivity index (χ0v) is 9.90. The van der Waals surface area contributed by atoms with Crippen LogP contribution in [0.3, 0.4) is 0 Å². The van der Waals surface area contributed by atoms with Crippen LogP contribution in [0.2, 0.25) is 0 Å². The van der Waals surface area contributed by atoms with Gasteiger partial charge in [-0.2, -0.15) is 11.8 Å². The van der Waals surface area contributed by atoms with Crippen LogP contribution >= 0.6 is 11.8 Å². The molecule has 0 radical (unpaired) electrons. The van der Waals surface area contributed by atoms with Crippen molar-refractivity contribution in [1.29, 1.82) is 0 Å². The fraction of sp³-hybridized carbons (Fsp3) is 0.900. The molecule has 0 aromatic rings. The monoisotopic (exact) mass is 216 g/mol. The summed E-state index contributed by atoms with van der Waals surface area (Å²) in [7, 11) is 0. The molecule has 0 aromatic carbocycles. The molecule has 4 heteroatoms. The van der Waals surface area contributed by atoms with E-state index in [2.05, 4.69) is 5.32 Å². The third-order valence-corrected chi connectivity index (χ3v) is 3.67. The maximum atomic E-state index is 11.8. The van der Waals surface area contributed by atoms with Gasteiger partial charge in [0.05, 0.1) is 0 Å².